The maximum absolute atomic E-state index is 11.1. The molecule has 0 unspecified atom stereocenters. The molecular formula is C21H16Br3NO3. The first-order valence-corrected chi connectivity index (χ1v) is 10.7. The molecule has 4 nitrogen and oxygen atoms in total. The van der Waals surface area contributed by atoms with Crippen LogP contribution in [0.1, 0.15) is 21.5 Å². The fourth-order valence-corrected chi connectivity index (χ4v) is 4.33. The van der Waals surface area contributed by atoms with Crippen molar-refractivity contribution in [3.63, 3.8) is 0 Å². The second-order valence-corrected chi connectivity index (χ2v) is 8.67. The highest BCUT2D eigenvalue weighted by atomic mass is 79.9. The minimum Gasteiger partial charge on any atom is -0.487 e. The largest absolute Gasteiger partial charge is 0.487 e. The molecule has 0 heterocycles. The summed E-state index contributed by atoms with van der Waals surface area (Å²) in [7, 11) is 0. The van der Waals surface area contributed by atoms with Gasteiger partial charge in [-0.15, -0.1) is 0 Å². The minimum absolute atomic E-state index is 0.254. The van der Waals surface area contributed by atoms with E-state index in [1.807, 2.05) is 42.5 Å². The topological polar surface area (TPSA) is 58.6 Å². The van der Waals surface area contributed by atoms with Crippen LogP contribution in [0.15, 0.2) is 74.1 Å². The van der Waals surface area contributed by atoms with E-state index < -0.39 is 5.97 Å². The number of carboxylic acids is 1. The standard InChI is InChI=1S/C21H16Br3NO3/c22-16-6-4-13(5-7-16)12-28-20-18(23)8-14(9-19(20)24)11-25-17-3-1-2-15(10-17)21(26)27/h1-10,25H,11-12H2,(H,26,27). The molecule has 3 rings (SSSR count). The number of carbonyl (C=O) groups is 1. The molecule has 3 aromatic carbocycles. The number of carboxylic acid groups (broad SMARTS) is 1. The molecule has 0 saturated heterocycles. The lowest BCUT2D eigenvalue weighted by Crippen LogP contribution is -2.03. The number of hydrogen-bond acceptors (Lipinski definition) is 3. The average molecular weight is 570 g/mol. The number of rotatable bonds is 7. The van der Waals surface area contributed by atoms with E-state index in [2.05, 4.69) is 53.1 Å². The molecule has 28 heavy (non-hydrogen) atoms. The zero-order valence-corrected chi connectivity index (χ0v) is 19.3. The van der Waals surface area contributed by atoms with Crippen LogP contribution in [0.2, 0.25) is 0 Å². The fourth-order valence-electron chi connectivity index (χ4n) is 2.55. The van der Waals surface area contributed by atoms with Crippen LogP contribution in [-0.4, -0.2) is 11.1 Å². The molecule has 0 aliphatic heterocycles. The van der Waals surface area contributed by atoms with E-state index >= 15 is 0 Å². The molecule has 0 bridgehead atoms. The average Bonchev–Trinajstić information content (AvgIpc) is 2.67. The van der Waals surface area contributed by atoms with Gasteiger partial charge in [0.15, 0.2) is 0 Å². The number of benzene rings is 3. The Morgan fingerprint density at radius 2 is 1.61 bits per heavy atom. The summed E-state index contributed by atoms with van der Waals surface area (Å²) in [4.78, 5) is 11.1. The van der Waals surface area contributed by atoms with Gasteiger partial charge in [0.05, 0.1) is 14.5 Å². The van der Waals surface area contributed by atoms with Crippen molar-refractivity contribution < 1.29 is 14.6 Å². The lowest BCUT2D eigenvalue weighted by atomic mass is 10.2. The van der Waals surface area contributed by atoms with E-state index in [1.54, 1.807) is 18.2 Å². The van der Waals surface area contributed by atoms with Gasteiger partial charge in [-0.1, -0.05) is 34.1 Å². The van der Waals surface area contributed by atoms with Crippen molar-refractivity contribution in [2.75, 3.05) is 5.32 Å². The number of aromatic carboxylic acids is 1. The Hall–Kier alpha value is -1.83. The lowest BCUT2D eigenvalue weighted by molar-refractivity contribution is 0.0697. The minimum atomic E-state index is -0.943. The number of anilines is 1. The van der Waals surface area contributed by atoms with Crippen molar-refractivity contribution in [2.24, 2.45) is 0 Å². The second-order valence-electron chi connectivity index (χ2n) is 6.04. The van der Waals surface area contributed by atoms with Crippen LogP contribution in [0, 0.1) is 0 Å². The smallest absolute Gasteiger partial charge is 0.335 e. The summed E-state index contributed by atoms with van der Waals surface area (Å²) < 4.78 is 8.68. The zero-order chi connectivity index (χ0) is 20.1. The zero-order valence-electron chi connectivity index (χ0n) is 14.6. The Morgan fingerprint density at radius 3 is 2.25 bits per heavy atom. The van der Waals surface area contributed by atoms with Gasteiger partial charge < -0.3 is 15.2 Å². The first-order chi connectivity index (χ1) is 13.4. The number of nitrogens with one attached hydrogen (secondary N) is 1. The Bertz CT molecular complexity index is 967. The summed E-state index contributed by atoms with van der Waals surface area (Å²) in [6, 6.07) is 18.7. The van der Waals surface area contributed by atoms with E-state index in [-0.39, 0.29) is 5.56 Å². The van der Waals surface area contributed by atoms with Crippen LogP contribution in [0.25, 0.3) is 0 Å². The fraction of sp³-hybridized carbons (Fsp3) is 0.0952. The quantitative estimate of drug-likeness (QED) is 0.326. The van der Waals surface area contributed by atoms with Gasteiger partial charge in [-0.25, -0.2) is 4.79 Å². The predicted octanol–water partition coefficient (Wildman–Crippen LogP) is 6.86. The third-order valence-corrected chi connectivity index (χ3v) is 5.67. The van der Waals surface area contributed by atoms with Crippen LogP contribution in [0.5, 0.6) is 5.75 Å². The van der Waals surface area contributed by atoms with E-state index in [4.69, 9.17) is 9.84 Å². The molecule has 0 aromatic heterocycles. The second kappa shape index (κ2) is 9.58. The molecule has 0 radical (unpaired) electrons. The predicted molar refractivity (Wildman–Crippen MR) is 121 cm³/mol. The van der Waals surface area contributed by atoms with Gasteiger partial charge in [0, 0.05) is 16.7 Å². The number of hydrogen-bond donors (Lipinski definition) is 2. The van der Waals surface area contributed by atoms with Gasteiger partial charge in [0.25, 0.3) is 0 Å². The molecule has 2 N–H and O–H groups in total. The van der Waals surface area contributed by atoms with Crippen LogP contribution in [0.3, 0.4) is 0 Å². The number of halogens is 3. The maximum atomic E-state index is 11.1. The Balaban J connectivity index is 1.66. The summed E-state index contributed by atoms with van der Waals surface area (Å²) in [5, 5.41) is 12.3. The molecule has 3 aromatic rings. The SMILES string of the molecule is O=C(O)c1cccc(NCc2cc(Br)c(OCc3ccc(Br)cc3)c(Br)c2)c1. The van der Waals surface area contributed by atoms with Gasteiger partial charge in [-0.2, -0.15) is 0 Å². The molecule has 0 fully saturated rings. The molecule has 0 saturated carbocycles. The first-order valence-electron chi connectivity index (χ1n) is 8.35. The van der Waals surface area contributed by atoms with Crippen molar-refractivity contribution in [3.8, 4) is 5.75 Å². The molecule has 0 atom stereocenters. The molecular weight excluding hydrogens is 554 g/mol. The molecule has 144 valence electrons. The van der Waals surface area contributed by atoms with Crippen LogP contribution < -0.4 is 10.1 Å². The van der Waals surface area contributed by atoms with Gasteiger partial charge >= 0.3 is 5.97 Å². The monoisotopic (exact) mass is 567 g/mol. The summed E-state index contributed by atoms with van der Waals surface area (Å²) >= 11 is 10.6. The summed E-state index contributed by atoms with van der Waals surface area (Å²) in [6.45, 7) is 1.01. The van der Waals surface area contributed by atoms with E-state index in [9.17, 15) is 4.79 Å². The Kier molecular flexibility index (Phi) is 7.15. The highest BCUT2D eigenvalue weighted by Gasteiger charge is 2.10. The normalized spacial score (nSPS) is 10.5. The van der Waals surface area contributed by atoms with E-state index in [0.717, 1.165) is 36.0 Å². The van der Waals surface area contributed by atoms with Crippen LogP contribution >= 0.6 is 47.8 Å². The van der Waals surface area contributed by atoms with Crippen molar-refractivity contribution in [3.05, 3.63) is 90.8 Å². The number of ether oxygens (including phenoxy) is 1. The third-order valence-electron chi connectivity index (χ3n) is 3.96. The molecule has 7 heteroatoms. The van der Waals surface area contributed by atoms with Gasteiger partial charge in [-0.05, 0) is 85.5 Å². The summed E-state index contributed by atoms with van der Waals surface area (Å²) in [5.74, 6) is -0.207. The molecule has 0 amide bonds. The Morgan fingerprint density at radius 1 is 0.929 bits per heavy atom. The van der Waals surface area contributed by atoms with E-state index in [1.165, 1.54) is 0 Å². The van der Waals surface area contributed by atoms with Crippen molar-refractivity contribution in [1.29, 1.82) is 0 Å². The highest BCUT2D eigenvalue weighted by Crippen LogP contribution is 2.35. The summed E-state index contributed by atoms with van der Waals surface area (Å²) in [6.07, 6.45) is 0. The van der Waals surface area contributed by atoms with E-state index in [0.29, 0.717) is 13.2 Å². The van der Waals surface area contributed by atoms with Crippen molar-refractivity contribution in [2.45, 2.75) is 13.2 Å². The maximum Gasteiger partial charge on any atom is 0.335 e. The van der Waals surface area contributed by atoms with Crippen molar-refractivity contribution >= 4 is 59.4 Å². The van der Waals surface area contributed by atoms with Crippen LogP contribution in [0.4, 0.5) is 5.69 Å². The molecule has 0 spiro atoms. The third kappa shape index (κ3) is 5.59. The Labute approximate surface area is 188 Å². The summed E-state index contributed by atoms with van der Waals surface area (Å²) in [5.41, 5.74) is 3.10. The van der Waals surface area contributed by atoms with Crippen molar-refractivity contribution in [1.82, 2.24) is 0 Å². The van der Waals surface area contributed by atoms with Gasteiger partial charge in [0.2, 0.25) is 0 Å². The molecule has 0 aliphatic carbocycles. The van der Waals surface area contributed by atoms with Crippen LogP contribution in [-0.2, 0) is 13.2 Å². The van der Waals surface area contributed by atoms with Gasteiger partial charge in [0.1, 0.15) is 12.4 Å². The highest BCUT2D eigenvalue weighted by molar-refractivity contribution is 9.11. The van der Waals surface area contributed by atoms with Gasteiger partial charge in [-0.3, -0.25) is 0 Å². The lowest BCUT2D eigenvalue weighted by Gasteiger charge is -2.13. The first kappa shape index (κ1) is 20.9. The molecule has 0 aliphatic rings.